The van der Waals surface area contributed by atoms with E-state index in [1.54, 1.807) is 23.1 Å². The summed E-state index contributed by atoms with van der Waals surface area (Å²) in [6.45, 7) is 3.26. The number of anilines is 1. The van der Waals surface area contributed by atoms with E-state index in [1.807, 2.05) is 38.1 Å². The highest BCUT2D eigenvalue weighted by Crippen LogP contribution is 2.31. The number of halogens is 1. The average molecular weight is 374 g/mol. The molecule has 0 bridgehead atoms. The number of aryl methyl sites for hydroxylation is 1. The Hall–Kier alpha value is -2.53. The lowest BCUT2D eigenvalue weighted by atomic mass is 10.1. The monoisotopic (exact) mass is 373 g/mol. The SMILES string of the molecule is Cc1cc(OCC(=O)OCC(=O)N2c3ccccc3C[C@@H]2C)ccc1Cl. The van der Waals surface area contributed by atoms with Gasteiger partial charge in [-0.3, -0.25) is 4.79 Å². The number of amides is 1. The predicted molar refractivity (Wildman–Crippen MR) is 99.7 cm³/mol. The molecule has 0 radical (unpaired) electrons. The van der Waals surface area contributed by atoms with Gasteiger partial charge in [0.25, 0.3) is 5.91 Å². The van der Waals surface area contributed by atoms with Crippen molar-refractivity contribution in [3.63, 3.8) is 0 Å². The molecule has 0 fully saturated rings. The number of esters is 1. The topological polar surface area (TPSA) is 55.8 Å². The Kier molecular flexibility index (Phi) is 5.47. The Morgan fingerprint density at radius 3 is 2.73 bits per heavy atom. The first-order valence-corrected chi connectivity index (χ1v) is 8.78. The van der Waals surface area contributed by atoms with Crippen LogP contribution in [0, 0.1) is 6.92 Å². The van der Waals surface area contributed by atoms with Crippen molar-refractivity contribution >= 4 is 29.2 Å². The summed E-state index contributed by atoms with van der Waals surface area (Å²) in [5.41, 5.74) is 2.87. The van der Waals surface area contributed by atoms with Crippen LogP contribution in [0.5, 0.6) is 5.75 Å². The van der Waals surface area contributed by atoms with Gasteiger partial charge < -0.3 is 14.4 Å². The van der Waals surface area contributed by atoms with Gasteiger partial charge >= 0.3 is 5.97 Å². The van der Waals surface area contributed by atoms with E-state index < -0.39 is 5.97 Å². The second-order valence-corrected chi connectivity index (χ2v) is 6.71. The number of benzene rings is 2. The summed E-state index contributed by atoms with van der Waals surface area (Å²) in [5.74, 6) is -0.304. The van der Waals surface area contributed by atoms with Gasteiger partial charge in [0.15, 0.2) is 13.2 Å². The number of nitrogens with zero attached hydrogens (tertiary/aromatic N) is 1. The van der Waals surface area contributed by atoms with Crippen LogP contribution in [0.3, 0.4) is 0 Å². The highest BCUT2D eigenvalue weighted by molar-refractivity contribution is 6.31. The molecule has 0 spiro atoms. The molecule has 5 nitrogen and oxygen atoms in total. The minimum absolute atomic E-state index is 0.0481. The van der Waals surface area contributed by atoms with Crippen molar-refractivity contribution in [1.82, 2.24) is 0 Å². The van der Waals surface area contributed by atoms with Crippen LogP contribution in [0.4, 0.5) is 5.69 Å². The van der Waals surface area contributed by atoms with Crippen molar-refractivity contribution in [3.05, 3.63) is 58.6 Å². The number of ether oxygens (including phenoxy) is 2. The summed E-state index contributed by atoms with van der Waals surface area (Å²) in [6.07, 6.45) is 0.800. The number of carbonyl (C=O) groups excluding carboxylic acids is 2. The lowest BCUT2D eigenvalue weighted by molar-refractivity contribution is -0.149. The second-order valence-electron chi connectivity index (χ2n) is 6.31. The maximum absolute atomic E-state index is 12.5. The molecule has 6 heteroatoms. The fourth-order valence-electron chi connectivity index (χ4n) is 3.05. The maximum Gasteiger partial charge on any atom is 0.344 e. The van der Waals surface area contributed by atoms with Gasteiger partial charge in [0.05, 0.1) is 0 Å². The van der Waals surface area contributed by atoms with Crippen LogP contribution in [0.2, 0.25) is 5.02 Å². The van der Waals surface area contributed by atoms with Crippen LogP contribution in [-0.2, 0) is 20.7 Å². The van der Waals surface area contributed by atoms with E-state index in [4.69, 9.17) is 21.1 Å². The van der Waals surface area contributed by atoms with Gasteiger partial charge in [0, 0.05) is 16.8 Å². The number of carbonyl (C=O) groups is 2. The number of hydrogen-bond acceptors (Lipinski definition) is 4. The van der Waals surface area contributed by atoms with Crippen LogP contribution in [-0.4, -0.2) is 31.1 Å². The van der Waals surface area contributed by atoms with Gasteiger partial charge in [-0.25, -0.2) is 4.79 Å². The zero-order chi connectivity index (χ0) is 18.7. The summed E-state index contributed by atoms with van der Waals surface area (Å²) in [5, 5.41) is 0.630. The molecular weight excluding hydrogens is 354 g/mol. The average Bonchev–Trinajstić information content (AvgIpc) is 2.96. The number of hydrogen-bond donors (Lipinski definition) is 0. The lowest BCUT2D eigenvalue weighted by Crippen LogP contribution is -2.39. The first-order chi connectivity index (χ1) is 12.5. The Bertz CT molecular complexity index is 836. The minimum atomic E-state index is -0.592. The normalized spacial score (nSPS) is 15.5. The van der Waals surface area contributed by atoms with E-state index in [0.29, 0.717) is 10.8 Å². The smallest absolute Gasteiger partial charge is 0.344 e. The molecule has 1 heterocycles. The minimum Gasteiger partial charge on any atom is -0.482 e. The van der Waals surface area contributed by atoms with Crippen LogP contribution >= 0.6 is 11.6 Å². The molecule has 0 saturated carbocycles. The molecule has 0 unspecified atom stereocenters. The van der Waals surface area contributed by atoms with Crippen LogP contribution in [0.1, 0.15) is 18.1 Å². The molecule has 2 aromatic carbocycles. The third-order valence-electron chi connectivity index (χ3n) is 4.32. The molecule has 1 aliphatic heterocycles. The number of fused-ring (bicyclic) bond motifs is 1. The van der Waals surface area contributed by atoms with Gasteiger partial charge in [-0.1, -0.05) is 29.8 Å². The molecule has 2 aromatic rings. The van der Waals surface area contributed by atoms with E-state index >= 15 is 0 Å². The summed E-state index contributed by atoms with van der Waals surface area (Å²) in [6, 6.07) is 12.9. The molecule has 136 valence electrons. The maximum atomic E-state index is 12.5. The zero-order valence-electron chi connectivity index (χ0n) is 14.7. The van der Waals surface area contributed by atoms with E-state index in [-0.39, 0.29) is 25.2 Å². The van der Waals surface area contributed by atoms with E-state index in [1.165, 1.54) is 0 Å². The van der Waals surface area contributed by atoms with Gasteiger partial charge in [-0.15, -0.1) is 0 Å². The first-order valence-electron chi connectivity index (χ1n) is 8.40. The molecule has 0 saturated heterocycles. The molecule has 26 heavy (non-hydrogen) atoms. The van der Waals surface area contributed by atoms with Crippen molar-refractivity contribution in [1.29, 1.82) is 0 Å². The second kappa shape index (κ2) is 7.79. The number of rotatable bonds is 5. The van der Waals surface area contributed by atoms with Gasteiger partial charge in [0.1, 0.15) is 5.75 Å². The Balaban J connectivity index is 1.51. The highest BCUT2D eigenvalue weighted by Gasteiger charge is 2.30. The molecular formula is C20H20ClNO4. The van der Waals surface area contributed by atoms with E-state index in [0.717, 1.165) is 23.2 Å². The molecule has 0 aromatic heterocycles. The molecule has 1 amide bonds. The Morgan fingerprint density at radius 2 is 1.96 bits per heavy atom. The van der Waals surface area contributed by atoms with Gasteiger partial charge in [0.2, 0.25) is 0 Å². The van der Waals surface area contributed by atoms with Crippen molar-refractivity contribution in [3.8, 4) is 5.75 Å². The zero-order valence-corrected chi connectivity index (χ0v) is 15.5. The third-order valence-corrected chi connectivity index (χ3v) is 4.74. The van der Waals surface area contributed by atoms with Gasteiger partial charge in [-0.05, 0) is 55.7 Å². The summed E-state index contributed by atoms with van der Waals surface area (Å²) >= 11 is 5.95. The van der Waals surface area contributed by atoms with E-state index in [2.05, 4.69) is 0 Å². The van der Waals surface area contributed by atoms with Crippen molar-refractivity contribution < 1.29 is 19.1 Å². The van der Waals surface area contributed by atoms with Crippen molar-refractivity contribution in [2.24, 2.45) is 0 Å². The predicted octanol–water partition coefficient (Wildman–Crippen LogP) is 3.55. The fourth-order valence-corrected chi connectivity index (χ4v) is 3.17. The molecule has 1 atom stereocenters. The largest absolute Gasteiger partial charge is 0.482 e. The molecule has 3 rings (SSSR count). The molecule has 0 N–H and O–H groups in total. The summed E-state index contributed by atoms with van der Waals surface area (Å²) in [4.78, 5) is 26.0. The van der Waals surface area contributed by atoms with Crippen molar-refractivity contribution in [2.45, 2.75) is 26.3 Å². The van der Waals surface area contributed by atoms with Crippen LogP contribution in [0.25, 0.3) is 0 Å². The highest BCUT2D eigenvalue weighted by atomic mass is 35.5. The van der Waals surface area contributed by atoms with Crippen molar-refractivity contribution in [2.75, 3.05) is 18.1 Å². The quantitative estimate of drug-likeness (QED) is 0.752. The number of para-hydroxylation sites is 1. The van der Waals surface area contributed by atoms with Gasteiger partial charge in [-0.2, -0.15) is 0 Å². The van der Waals surface area contributed by atoms with E-state index in [9.17, 15) is 9.59 Å². The third kappa shape index (κ3) is 3.99. The summed E-state index contributed by atoms with van der Waals surface area (Å²) < 4.78 is 10.5. The Morgan fingerprint density at radius 1 is 1.19 bits per heavy atom. The standard InChI is InChI=1S/C20H20ClNO4/c1-13-9-16(7-8-17(13)21)25-12-20(24)26-11-19(23)22-14(2)10-15-5-3-4-6-18(15)22/h3-9,14H,10-12H2,1-2H3/t14-/m0/s1. The van der Waals surface area contributed by atoms with Crippen LogP contribution < -0.4 is 9.64 Å². The molecule has 0 aliphatic carbocycles. The Labute approximate surface area is 157 Å². The van der Waals surface area contributed by atoms with Crippen LogP contribution in [0.15, 0.2) is 42.5 Å². The fraction of sp³-hybridized carbons (Fsp3) is 0.300. The summed E-state index contributed by atoms with van der Waals surface area (Å²) in [7, 11) is 0. The molecule has 1 aliphatic rings. The first kappa shape index (κ1) is 18.3. The lowest BCUT2D eigenvalue weighted by Gasteiger charge is -2.22.